The molecule has 6 heteroatoms. The Hall–Kier alpha value is -1.23. The maximum atomic E-state index is 13.2. The molecule has 0 aliphatic heterocycles. The van der Waals surface area contributed by atoms with Gasteiger partial charge in [0.25, 0.3) is 0 Å². The first kappa shape index (κ1) is 15.2. The number of carbonyl (C=O) groups is 1. The fourth-order valence-electron chi connectivity index (χ4n) is 1.63. The number of hydrogen-bond acceptors (Lipinski definition) is 2. The number of hydrogen-bond donors (Lipinski definition) is 2. The van der Waals surface area contributed by atoms with E-state index in [1.807, 2.05) is 12.1 Å². The molecule has 2 aromatic carbocycles. The Labute approximate surface area is 131 Å². The third-order valence-electron chi connectivity index (χ3n) is 2.57. The molecule has 1 N–H and O–H groups in total. The zero-order valence-corrected chi connectivity index (χ0v) is 12.6. The number of carbonyl (C=O) groups excluding carboxylic acids is 1. The van der Waals surface area contributed by atoms with Crippen molar-refractivity contribution >= 4 is 47.4 Å². The van der Waals surface area contributed by atoms with Crippen molar-refractivity contribution in [1.82, 2.24) is 0 Å². The molecule has 0 unspecified atom stereocenters. The van der Waals surface area contributed by atoms with Gasteiger partial charge >= 0.3 is 0 Å². The summed E-state index contributed by atoms with van der Waals surface area (Å²) in [4.78, 5) is 12.7. The summed E-state index contributed by atoms with van der Waals surface area (Å²) in [6, 6.07) is 9.86. The minimum atomic E-state index is -0.698. The average molecular weight is 330 g/mol. The van der Waals surface area contributed by atoms with Gasteiger partial charge in [-0.3, -0.25) is 4.79 Å². The first-order chi connectivity index (χ1) is 9.45. The predicted molar refractivity (Wildman–Crippen MR) is 82.4 cm³/mol. The lowest BCUT2D eigenvalue weighted by Crippen LogP contribution is -2.14. The van der Waals surface area contributed by atoms with Crippen LogP contribution in [0.3, 0.4) is 0 Å². The first-order valence-corrected chi connectivity index (χ1v) is 6.88. The lowest BCUT2D eigenvalue weighted by atomic mass is 10.1. The number of rotatable bonds is 3. The lowest BCUT2D eigenvalue weighted by Gasteiger charge is -2.07. The predicted octanol–water partition coefficient (Wildman–Crippen LogP) is 4.60. The molecule has 0 aromatic heterocycles. The molecule has 0 bridgehead atoms. The maximum absolute atomic E-state index is 13.2. The van der Waals surface area contributed by atoms with E-state index in [0.29, 0.717) is 5.69 Å². The van der Waals surface area contributed by atoms with E-state index in [-0.39, 0.29) is 22.4 Å². The van der Waals surface area contributed by atoms with E-state index in [4.69, 9.17) is 23.2 Å². The minimum absolute atomic E-state index is 0.132. The van der Waals surface area contributed by atoms with Crippen molar-refractivity contribution < 1.29 is 9.18 Å². The lowest BCUT2D eigenvalue weighted by molar-refractivity contribution is -0.115. The maximum Gasteiger partial charge on any atom is 0.228 e. The van der Waals surface area contributed by atoms with E-state index in [1.165, 1.54) is 12.1 Å². The molecule has 104 valence electrons. The van der Waals surface area contributed by atoms with Crippen LogP contribution in [-0.4, -0.2) is 5.91 Å². The Morgan fingerprint density at radius 2 is 1.70 bits per heavy atom. The van der Waals surface area contributed by atoms with Crippen molar-refractivity contribution in [1.29, 1.82) is 0 Å². The molecule has 20 heavy (non-hydrogen) atoms. The number of anilines is 1. The molecule has 0 fully saturated rings. The molecule has 2 nitrogen and oxygen atoms in total. The summed E-state index contributed by atoms with van der Waals surface area (Å²) < 4.78 is 13.2. The highest BCUT2D eigenvalue weighted by molar-refractivity contribution is 7.80. The molecule has 0 saturated carbocycles. The quantitative estimate of drug-likeness (QED) is 0.625. The Kier molecular flexibility index (Phi) is 4.91. The average Bonchev–Trinajstić information content (AvgIpc) is 2.38. The van der Waals surface area contributed by atoms with Crippen LogP contribution in [0, 0.1) is 5.82 Å². The van der Waals surface area contributed by atoms with Gasteiger partial charge in [-0.1, -0.05) is 35.3 Å². The van der Waals surface area contributed by atoms with Crippen LogP contribution in [0.25, 0.3) is 0 Å². The summed E-state index contributed by atoms with van der Waals surface area (Å²) >= 11 is 15.5. The molecule has 0 spiro atoms. The SMILES string of the molecule is O=C(Cc1ccc(S)cc1)Nc1cc(Cl)c(F)c(Cl)c1. The van der Waals surface area contributed by atoms with Crippen molar-refractivity contribution in [3.05, 3.63) is 57.8 Å². The molecule has 0 aliphatic carbocycles. The van der Waals surface area contributed by atoms with Crippen LogP contribution in [0.5, 0.6) is 0 Å². The molecule has 0 atom stereocenters. The van der Waals surface area contributed by atoms with Crippen LogP contribution in [0.15, 0.2) is 41.3 Å². The number of halogens is 3. The molecular formula is C14H10Cl2FNOS. The van der Waals surface area contributed by atoms with Gasteiger partial charge in [-0.2, -0.15) is 0 Å². The van der Waals surface area contributed by atoms with Crippen LogP contribution in [0.2, 0.25) is 10.0 Å². The van der Waals surface area contributed by atoms with E-state index in [9.17, 15) is 9.18 Å². The van der Waals surface area contributed by atoms with Crippen molar-refractivity contribution in [2.24, 2.45) is 0 Å². The van der Waals surface area contributed by atoms with Crippen molar-refractivity contribution in [3.63, 3.8) is 0 Å². The van der Waals surface area contributed by atoms with E-state index >= 15 is 0 Å². The monoisotopic (exact) mass is 329 g/mol. The molecule has 0 heterocycles. The highest BCUT2D eigenvalue weighted by atomic mass is 35.5. The van der Waals surface area contributed by atoms with Crippen LogP contribution >= 0.6 is 35.8 Å². The normalized spacial score (nSPS) is 10.4. The second-order valence-corrected chi connectivity index (χ2v) is 5.48. The number of nitrogens with one attached hydrogen (secondary N) is 1. The second kappa shape index (κ2) is 6.48. The van der Waals surface area contributed by atoms with Gasteiger partial charge in [0.2, 0.25) is 5.91 Å². The number of thiol groups is 1. The standard InChI is InChI=1S/C14H10Cl2FNOS/c15-11-6-9(7-12(16)14(11)17)18-13(19)5-8-1-3-10(20)4-2-8/h1-4,6-7,20H,5H2,(H,18,19). The van der Waals surface area contributed by atoms with Gasteiger partial charge in [0.05, 0.1) is 16.5 Å². The van der Waals surface area contributed by atoms with E-state index in [1.54, 1.807) is 12.1 Å². The van der Waals surface area contributed by atoms with E-state index in [0.717, 1.165) is 10.5 Å². The van der Waals surface area contributed by atoms with Crippen molar-refractivity contribution in [3.8, 4) is 0 Å². The molecular weight excluding hydrogens is 320 g/mol. The van der Waals surface area contributed by atoms with Gasteiger partial charge in [-0.05, 0) is 29.8 Å². The third-order valence-corrected chi connectivity index (χ3v) is 3.42. The summed E-state index contributed by atoms with van der Waals surface area (Å²) in [6.45, 7) is 0. The van der Waals surface area contributed by atoms with Crippen LogP contribution in [0.4, 0.5) is 10.1 Å². The summed E-state index contributed by atoms with van der Waals surface area (Å²) in [7, 11) is 0. The van der Waals surface area contributed by atoms with Gasteiger partial charge in [0.15, 0.2) is 5.82 Å². The smallest absolute Gasteiger partial charge is 0.228 e. The highest BCUT2D eigenvalue weighted by Gasteiger charge is 2.10. The largest absolute Gasteiger partial charge is 0.326 e. The van der Waals surface area contributed by atoms with Crippen molar-refractivity contribution in [2.75, 3.05) is 5.32 Å². The molecule has 1 amide bonds. The summed E-state index contributed by atoms with van der Waals surface area (Å²) in [5, 5.41) is 2.36. The second-order valence-electron chi connectivity index (χ2n) is 4.15. The Bertz CT molecular complexity index is 623. The third kappa shape index (κ3) is 3.88. The fourth-order valence-corrected chi connectivity index (χ4v) is 2.27. The van der Waals surface area contributed by atoms with Crippen LogP contribution in [-0.2, 0) is 11.2 Å². The summed E-state index contributed by atoms with van der Waals surface area (Å²) in [5.41, 5.74) is 1.21. The summed E-state index contributed by atoms with van der Waals surface area (Å²) in [5.74, 6) is -0.939. The Morgan fingerprint density at radius 3 is 2.25 bits per heavy atom. The number of benzene rings is 2. The van der Waals surface area contributed by atoms with Crippen LogP contribution < -0.4 is 5.32 Å². The molecule has 0 aliphatic rings. The van der Waals surface area contributed by atoms with E-state index in [2.05, 4.69) is 17.9 Å². The fraction of sp³-hybridized carbons (Fsp3) is 0.0714. The zero-order chi connectivity index (χ0) is 14.7. The van der Waals surface area contributed by atoms with Crippen LogP contribution in [0.1, 0.15) is 5.56 Å². The molecule has 0 saturated heterocycles. The Morgan fingerprint density at radius 1 is 1.15 bits per heavy atom. The minimum Gasteiger partial charge on any atom is -0.326 e. The first-order valence-electron chi connectivity index (χ1n) is 5.68. The van der Waals surface area contributed by atoms with Crippen molar-refractivity contribution in [2.45, 2.75) is 11.3 Å². The van der Waals surface area contributed by atoms with E-state index < -0.39 is 5.82 Å². The zero-order valence-electron chi connectivity index (χ0n) is 10.2. The molecule has 2 rings (SSSR count). The highest BCUT2D eigenvalue weighted by Crippen LogP contribution is 2.27. The number of amides is 1. The molecule has 0 radical (unpaired) electrons. The van der Waals surface area contributed by atoms with Gasteiger partial charge in [0, 0.05) is 10.6 Å². The topological polar surface area (TPSA) is 29.1 Å². The molecule has 2 aromatic rings. The Balaban J connectivity index is 2.06. The van der Waals surface area contributed by atoms with Gasteiger partial charge in [-0.15, -0.1) is 12.6 Å². The van der Waals surface area contributed by atoms with Gasteiger partial charge in [0.1, 0.15) is 0 Å². The van der Waals surface area contributed by atoms with Gasteiger partial charge < -0.3 is 5.32 Å². The summed E-state index contributed by atoms with van der Waals surface area (Å²) in [6.07, 6.45) is 0.195. The van der Waals surface area contributed by atoms with Gasteiger partial charge in [-0.25, -0.2) is 4.39 Å².